The fraction of sp³-hybridized carbons (Fsp3) is 0.500. The van der Waals surface area contributed by atoms with Gasteiger partial charge in [0, 0.05) is 6.54 Å². The minimum Gasteiger partial charge on any atom is -0.504 e. The Bertz CT molecular complexity index is 320. The van der Waals surface area contributed by atoms with Gasteiger partial charge in [-0.1, -0.05) is 12.1 Å². The van der Waals surface area contributed by atoms with E-state index >= 15 is 0 Å². The number of aromatic hydroxyl groups is 1. The van der Waals surface area contributed by atoms with E-state index in [0.717, 1.165) is 13.0 Å². The summed E-state index contributed by atoms with van der Waals surface area (Å²) in [6.07, 6.45) is 0.278. The number of nitrogens with one attached hydrogen (secondary N) is 1. The van der Waals surface area contributed by atoms with E-state index < -0.39 is 6.10 Å². The second-order valence-electron chi connectivity index (χ2n) is 3.78. The molecule has 0 fully saturated rings. The maximum absolute atomic E-state index is 9.60. The summed E-state index contributed by atoms with van der Waals surface area (Å²) in [4.78, 5) is 0. The van der Waals surface area contributed by atoms with Crippen LogP contribution >= 0.6 is 0 Å². The molecule has 96 valence electrons. The van der Waals surface area contributed by atoms with Gasteiger partial charge in [-0.2, -0.15) is 0 Å². The smallest absolute Gasteiger partial charge is 0.161 e. The zero-order chi connectivity index (χ0) is 12.5. The standard InChI is InChI=1S/C12H20N2O3/c13-6-3-7-14-8-10(15)9-17-12-5-2-1-4-11(12)16/h1-2,4-5,10,14-16H,3,6-9,13H2. The second kappa shape index (κ2) is 7.89. The maximum Gasteiger partial charge on any atom is 0.161 e. The Morgan fingerprint density at radius 3 is 2.82 bits per heavy atom. The van der Waals surface area contributed by atoms with Gasteiger partial charge in [0.1, 0.15) is 12.7 Å². The van der Waals surface area contributed by atoms with Crippen molar-refractivity contribution in [1.29, 1.82) is 0 Å². The fourth-order valence-electron chi connectivity index (χ4n) is 1.32. The summed E-state index contributed by atoms with van der Waals surface area (Å²) in [5.74, 6) is 0.462. The molecular formula is C12H20N2O3. The van der Waals surface area contributed by atoms with Crippen LogP contribution in [0.4, 0.5) is 0 Å². The summed E-state index contributed by atoms with van der Waals surface area (Å²) < 4.78 is 5.29. The first-order valence-corrected chi connectivity index (χ1v) is 5.73. The molecule has 0 aliphatic rings. The van der Waals surface area contributed by atoms with Gasteiger partial charge >= 0.3 is 0 Å². The van der Waals surface area contributed by atoms with Crippen LogP contribution in [0.1, 0.15) is 6.42 Å². The summed E-state index contributed by atoms with van der Waals surface area (Å²) >= 11 is 0. The Labute approximate surface area is 101 Å². The number of benzene rings is 1. The van der Waals surface area contributed by atoms with Gasteiger partial charge in [-0.25, -0.2) is 0 Å². The molecule has 1 unspecified atom stereocenters. The summed E-state index contributed by atoms with van der Waals surface area (Å²) in [5.41, 5.74) is 5.34. The number of phenols is 1. The Morgan fingerprint density at radius 1 is 1.35 bits per heavy atom. The predicted octanol–water partition coefficient (Wildman–Crippen LogP) is 0.0703. The molecule has 17 heavy (non-hydrogen) atoms. The number of aliphatic hydroxyl groups excluding tert-OH is 1. The quantitative estimate of drug-likeness (QED) is 0.483. The number of para-hydroxylation sites is 2. The average molecular weight is 240 g/mol. The second-order valence-corrected chi connectivity index (χ2v) is 3.78. The van der Waals surface area contributed by atoms with E-state index in [2.05, 4.69) is 5.32 Å². The van der Waals surface area contributed by atoms with Crippen LogP contribution in [0.2, 0.25) is 0 Å². The molecule has 1 aromatic carbocycles. The molecule has 0 spiro atoms. The van der Waals surface area contributed by atoms with Crippen molar-refractivity contribution in [3.05, 3.63) is 24.3 Å². The van der Waals surface area contributed by atoms with Crippen molar-refractivity contribution in [2.45, 2.75) is 12.5 Å². The summed E-state index contributed by atoms with van der Waals surface area (Å²) in [6.45, 7) is 2.02. The molecule has 0 saturated heterocycles. The van der Waals surface area contributed by atoms with E-state index in [1.807, 2.05) is 0 Å². The molecule has 1 aromatic rings. The number of hydrogen-bond donors (Lipinski definition) is 4. The Morgan fingerprint density at radius 2 is 2.12 bits per heavy atom. The summed E-state index contributed by atoms with van der Waals surface area (Å²) in [5, 5.41) is 22.1. The molecule has 5 nitrogen and oxygen atoms in total. The van der Waals surface area contributed by atoms with E-state index in [1.54, 1.807) is 24.3 Å². The molecule has 1 atom stereocenters. The van der Waals surface area contributed by atoms with Gasteiger partial charge < -0.3 is 26.0 Å². The molecule has 0 aliphatic heterocycles. The van der Waals surface area contributed by atoms with Crippen molar-refractivity contribution < 1.29 is 14.9 Å². The van der Waals surface area contributed by atoms with Crippen molar-refractivity contribution >= 4 is 0 Å². The normalized spacial score (nSPS) is 12.4. The first-order chi connectivity index (χ1) is 8.24. The zero-order valence-electron chi connectivity index (χ0n) is 9.80. The Kier molecular flexibility index (Phi) is 6.39. The molecule has 0 radical (unpaired) electrons. The topological polar surface area (TPSA) is 87.7 Å². The van der Waals surface area contributed by atoms with Crippen molar-refractivity contribution in [1.82, 2.24) is 5.32 Å². The van der Waals surface area contributed by atoms with Crippen LogP contribution in [0.5, 0.6) is 11.5 Å². The lowest BCUT2D eigenvalue weighted by Crippen LogP contribution is -2.32. The molecule has 0 amide bonds. The molecule has 0 bridgehead atoms. The Hall–Kier alpha value is -1.30. The van der Waals surface area contributed by atoms with Gasteiger partial charge in [-0.05, 0) is 31.6 Å². The van der Waals surface area contributed by atoms with Gasteiger partial charge in [-0.3, -0.25) is 0 Å². The van der Waals surface area contributed by atoms with E-state index in [4.69, 9.17) is 10.5 Å². The first-order valence-electron chi connectivity index (χ1n) is 5.73. The molecule has 0 saturated carbocycles. The van der Waals surface area contributed by atoms with Crippen LogP contribution in [0, 0.1) is 0 Å². The average Bonchev–Trinajstić information content (AvgIpc) is 2.34. The van der Waals surface area contributed by atoms with Gasteiger partial charge in [0.25, 0.3) is 0 Å². The minimum atomic E-state index is -0.604. The van der Waals surface area contributed by atoms with Gasteiger partial charge in [-0.15, -0.1) is 0 Å². The number of nitrogens with two attached hydrogens (primary N) is 1. The lowest BCUT2D eigenvalue weighted by molar-refractivity contribution is 0.105. The lowest BCUT2D eigenvalue weighted by Gasteiger charge is -2.13. The highest BCUT2D eigenvalue weighted by Gasteiger charge is 2.06. The highest BCUT2D eigenvalue weighted by Crippen LogP contribution is 2.24. The first kappa shape index (κ1) is 13.8. The largest absolute Gasteiger partial charge is 0.504 e. The lowest BCUT2D eigenvalue weighted by atomic mass is 10.3. The fourth-order valence-corrected chi connectivity index (χ4v) is 1.32. The number of ether oxygens (including phenoxy) is 1. The predicted molar refractivity (Wildman–Crippen MR) is 66.1 cm³/mol. The van der Waals surface area contributed by atoms with E-state index in [1.165, 1.54) is 0 Å². The minimum absolute atomic E-state index is 0.0794. The van der Waals surface area contributed by atoms with Crippen molar-refractivity contribution in [2.24, 2.45) is 5.73 Å². The summed E-state index contributed by atoms with van der Waals surface area (Å²) in [7, 11) is 0. The van der Waals surface area contributed by atoms with Crippen LogP contribution in [-0.2, 0) is 0 Å². The van der Waals surface area contributed by atoms with Crippen molar-refractivity contribution in [3.63, 3.8) is 0 Å². The molecule has 0 aliphatic carbocycles. The number of phenolic OH excluding ortho intramolecular Hbond substituents is 1. The van der Waals surface area contributed by atoms with Crippen molar-refractivity contribution in [3.8, 4) is 11.5 Å². The third kappa shape index (κ3) is 5.53. The Balaban J connectivity index is 2.19. The van der Waals surface area contributed by atoms with Crippen LogP contribution < -0.4 is 15.8 Å². The molecule has 0 heterocycles. The third-order valence-corrected chi connectivity index (χ3v) is 2.23. The van der Waals surface area contributed by atoms with Crippen LogP contribution in [0.15, 0.2) is 24.3 Å². The van der Waals surface area contributed by atoms with E-state index in [9.17, 15) is 10.2 Å². The third-order valence-electron chi connectivity index (χ3n) is 2.23. The highest BCUT2D eigenvalue weighted by molar-refractivity contribution is 5.37. The monoisotopic (exact) mass is 240 g/mol. The summed E-state index contributed by atoms with van der Waals surface area (Å²) in [6, 6.07) is 6.68. The molecule has 5 N–H and O–H groups in total. The van der Waals surface area contributed by atoms with E-state index in [-0.39, 0.29) is 12.4 Å². The number of aliphatic hydroxyl groups is 1. The SMILES string of the molecule is NCCCNCC(O)COc1ccccc1O. The number of rotatable bonds is 8. The van der Waals surface area contributed by atoms with Gasteiger partial charge in [0.15, 0.2) is 11.5 Å². The molecule has 1 rings (SSSR count). The van der Waals surface area contributed by atoms with Crippen LogP contribution in [0.3, 0.4) is 0 Å². The van der Waals surface area contributed by atoms with Crippen LogP contribution in [-0.4, -0.2) is 42.6 Å². The molecule has 0 aromatic heterocycles. The van der Waals surface area contributed by atoms with Gasteiger partial charge in [0.05, 0.1) is 0 Å². The van der Waals surface area contributed by atoms with Crippen molar-refractivity contribution in [2.75, 3.05) is 26.2 Å². The van der Waals surface area contributed by atoms with E-state index in [0.29, 0.717) is 18.8 Å². The van der Waals surface area contributed by atoms with Crippen LogP contribution in [0.25, 0.3) is 0 Å². The molecular weight excluding hydrogens is 220 g/mol. The zero-order valence-corrected chi connectivity index (χ0v) is 9.80. The highest BCUT2D eigenvalue weighted by atomic mass is 16.5. The maximum atomic E-state index is 9.60. The number of hydrogen-bond acceptors (Lipinski definition) is 5. The molecule has 5 heteroatoms. The van der Waals surface area contributed by atoms with Gasteiger partial charge in [0.2, 0.25) is 0 Å².